The van der Waals surface area contributed by atoms with Crippen LogP contribution in [0.15, 0.2) is 23.2 Å². The maximum absolute atomic E-state index is 13.4. The van der Waals surface area contributed by atoms with E-state index in [1.54, 1.807) is 0 Å². The first-order chi connectivity index (χ1) is 17.0. The summed E-state index contributed by atoms with van der Waals surface area (Å²) in [6.45, 7) is 2.74. The molecule has 3 N–H and O–H groups in total. The number of benzene rings is 1. The molecule has 2 saturated carbocycles. The largest absolute Gasteiger partial charge is 0.416 e. The highest BCUT2D eigenvalue weighted by Crippen LogP contribution is 2.37. The molecule has 1 heterocycles. The molecule has 202 valence electrons. The SMILES string of the molecule is N[C@H]1CCCC[C@@H]1N=C(Nc1cc(C(F)(F)F)cc(C(F)(F)F)c1)N1CCN(C2CCCCC2)CC1. The van der Waals surface area contributed by atoms with Crippen LogP contribution >= 0.6 is 0 Å². The molecule has 0 aromatic heterocycles. The number of halogens is 6. The second-order valence-electron chi connectivity index (χ2n) is 10.2. The van der Waals surface area contributed by atoms with E-state index >= 15 is 0 Å². The normalized spacial score (nSPS) is 25.8. The zero-order valence-electron chi connectivity index (χ0n) is 20.3. The molecule has 36 heavy (non-hydrogen) atoms. The molecule has 3 aliphatic rings. The smallest absolute Gasteiger partial charge is 0.340 e. The van der Waals surface area contributed by atoms with Crippen molar-refractivity contribution in [3.8, 4) is 0 Å². The predicted molar refractivity (Wildman–Crippen MR) is 128 cm³/mol. The first-order valence-electron chi connectivity index (χ1n) is 12.9. The fraction of sp³-hybridized carbons (Fsp3) is 0.720. The molecule has 0 amide bonds. The molecule has 2 atom stereocenters. The van der Waals surface area contributed by atoms with E-state index in [-0.39, 0.29) is 23.8 Å². The average molecular weight is 520 g/mol. The van der Waals surface area contributed by atoms with Crippen molar-refractivity contribution in [3.63, 3.8) is 0 Å². The molecule has 0 spiro atoms. The molecule has 1 aromatic carbocycles. The quantitative estimate of drug-likeness (QED) is 0.305. The van der Waals surface area contributed by atoms with Gasteiger partial charge in [0.15, 0.2) is 5.96 Å². The summed E-state index contributed by atoms with van der Waals surface area (Å²) in [5.74, 6) is 0.299. The van der Waals surface area contributed by atoms with Crippen LogP contribution in [0.1, 0.15) is 68.9 Å². The third-order valence-electron chi connectivity index (χ3n) is 7.62. The lowest BCUT2D eigenvalue weighted by atomic mass is 9.91. The van der Waals surface area contributed by atoms with E-state index < -0.39 is 23.5 Å². The highest BCUT2D eigenvalue weighted by atomic mass is 19.4. The third kappa shape index (κ3) is 6.85. The van der Waals surface area contributed by atoms with Crippen LogP contribution in [0.2, 0.25) is 0 Å². The number of hydrogen-bond acceptors (Lipinski definition) is 3. The third-order valence-corrected chi connectivity index (χ3v) is 7.62. The number of hydrogen-bond donors (Lipinski definition) is 2. The molecule has 0 radical (unpaired) electrons. The maximum Gasteiger partial charge on any atom is 0.416 e. The second kappa shape index (κ2) is 11.2. The number of alkyl halides is 6. The van der Waals surface area contributed by atoms with Crippen molar-refractivity contribution in [3.05, 3.63) is 29.3 Å². The first-order valence-corrected chi connectivity index (χ1v) is 12.9. The molecular formula is C25H35F6N5. The van der Waals surface area contributed by atoms with Crippen LogP contribution in [0.25, 0.3) is 0 Å². The minimum absolute atomic E-state index is 0.141. The summed E-state index contributed by atoms with van der Waals surface area (Å²) in [5.41, 5.74) is 3.29. The minimum atomic E-state index is -4.91. The van der Waals surface area contributed by atoms with Crippen molar-refractivity contribution in [2.75, 3.05) is 31.5 Å². The van der Waals surface area contributed by atoms with Gasteiger partial charge in [-0.3, -0.25) is 4.90 Å². The lowest BCUT2D eigenvalue weighted by Crippen LogP contribution is -2.54. The van der Waals surface area contributed by atoms with Crippen LogP contribution in [0.3, 0.4) is 0 Å². The van der Waals surface area contributed by atoms with Crippen molar-refractivity contribution in [1.82, 2.24) is 9.80 Å². The highest BCUT2D eigenvalue weighted by Gasteiger charge is 2.37. The predicted octanol–water partition coefficient (Wildman–Crippen LogP) is 5.71. The molecular weight excluding hydrogens is 484 g/mol. The Labute approximate surface area is 208 Å². The van der Waals surface area contributed by atoms with E-state index in [9.17, 15) is 26.3 Å². The van der Waals surface area contributed by atoms with Gasteiger partial charge in [0.2, 0.25) is 0 Å². The van der Waals surface area contributed by atoms with E-state index in [1.165, 1.54) is 32.1 Å². The minimum Gasteiger partial charge on any atom is -0.340 e. The van der Waals surface area contributed by atoms with Crippen molar-refractivity contribution in [2.24, 2.45) is 10.7 Å². The van der Waals surface area contributed by atoms with E-state index in [4.69, 9.17) is 10.7 Å². The number of guanidine groups is 1. The van der Waals surface area contributed by atoms with E-state index in [0.29, 0.717) is 37.2 Å². The Morgan fingerprint density at radius 3 is 1.89 bits per heavy atom. The van der Waals surface area contributed by atoms with Gasteiger partial charge in [-0.15, -0.1) is 0 Å². The number of rotatable bonds is 3. The number of nitrogens with zero attached hydrogens (tertiary/aromatic N) is 3. The van der Waals surface area contributed by atoms with Crippen LogP contribution in [0.5, 0.6) is 0 Å². The molecule has 3 fully saturated rings. The number of nitrogens with two attached hydrogens (primary N) is 1. The molecule has 2 aliphatic carbocycles. The van der Waals surface area contributed by atoms with Gasteiger partial charge in [-0.05, 0) is 43.9 Å². The van der Waals surface area contributed by atoms with Gasteiger partial charge < -0.3 is 16.0 Å². The summed E-state index contributed by atoms with van der Waals surface area (Å²) in [5, 5.41) is 2.84. The number of aliphatic imine (C=N–C) groups is 1. The topological polar surface area (TPSA) is 56.9 Å². The van der Waals surface area contributed by atoms with Gasteiger partial charge in [0.1, 0.15) is 0 Å². The van der Waals surface area contributed by atoms with Gasteiger partial charge >= 0.3 is 12.4 Å². The Kier molecular flexibility index (Phi) is 8.38. The molecule has 11 heteroatoms. The van der Waals surface area contributed by atoms with Gasteiger partial charge in [0.05, 0.1) is 17.2 Å². The standard InChI is InChI=1S/C25H35F6N5/c26-24(27,28)17-14-18(25(29,30)31)16-19(15-17)33-23(34-22-9-5-4-8-21(22)32)36-12-10-35(11-13-36)20-6-2-1-3-7-20/h14-16,20-22H,1-13,32H2,(H,33,34)/t21-,22-/m0/s1. The van der Waals surface area contributed by atoms with Crippen molar-refractivity contribution < 1.29 is 26.3 Å². The van der Waals surface area contributed by atoms with Crippen molar-refractivity contribution >= 4 is 11.6 Å². The van der Waals surface area contributed by atoms with E-state index in [1.807, 2.05) is 4.90 Å². The fourth-order valence-corrected chi connectivity index (χ4v) is 5.55. The van der Waals surface area contributed by atoms with Gasteiger partial charge in [-0.25, -0.2) is 4.99 Å². The van der Waals surface area contributed by atoms with Gasteiger partial charge in [0, 0.05) is 44.0 Å². The van der Waals surface area contributed by atoms with Crippen molar-refractivity contribution in [2.45, 2.75) is 88.3 Å². The average Bonchev–Trinajstić information content (AvgIpc) is 2.84. The van der Waals surface area contributed by atoms with Crippen molar-refractivity contribution in [1.29, 1.82) is 0 Å². The number of piperazine rings is 1. The monoisotopic (exact) mass is 519 g/mol. The Balaban J connectivity index is 1.59. The Morgan fingerprint density at radius 1 is 0.778 bits per heavy atom. The molecule has 0 unspecified atom stereocenters. The summed E-state index contributed by atoms with van der Waals surface area (Å²) in [4.78, 5) is 9.17. The molecule has 5 nitrogen and oxygen atoms in total. The van der Waals surface area contributed by atoms with Gasteiger partial charge in [0.25, 0.3) is 0 Å². The zero-order valence-corrected chi connectivity index (χ0v) is 20.3. The summed E-state index contributed by atoms with van der Waals surface area (Å²) < 4.78 is 80.5. The lowest BCUT2D eigenvalue weighted by Gasteiger charge is -2.42. The summed E-state index contributed by atoms with van der Waals surface area (Å²) >= 11 is 0. The lowest BCUT2D eigenvalue weighted by molar-refractivity contribution is -0.143. The fourth-order valence-electron chi connectivity index (χ4n) is 5.55. The van der Waals surface area contributed by atoms with Crippen LogP contribution in [-0.2, 0) is 12.4 Å². The summed E-state index contributed by atoms with van der Waals surface area (Å²) in [6.07, 6.45) is -0.338. The molecule has 4 rings (SSSR count). The van der Waals surface area contributed by atoms with Gasteiger partial charge in [-0.1, -0.05) is 32.1 Å². The van der Waals surface area contributed by atoms with E-state index in [2.05, 4.69) is 10.2 Å². The Hall–Kier alpha value is -2.01. The van der Waals surface area contributed by atoms with E-state index in [0.717, 1.165) is 38.8 Å². The molecule has 1 aromatic rings. The second-order valence-corrected chi connectivity index (χ2v) is 10.2. The molecule has 0 bridgehead atoms. The van der Waals surface area contributed by atoms with Crippen LogP contribution in [0, 0.1) is 0 Å². The zero-order chi connectivity index (χ0) is 25.9. The molecule has 1 saturated heterocycles. The maximum atomic E-state index is 13.4. The molecule has 1 aliphatic heterocycles. The number of nitrogens with one attached hydrogen (secondary N) is 1. The highest BCUT2D eigenvalue weighted by molar-refractivity contribution is 5.94. The van der Waals surface area contributed by atoms with Crippen LogP contribution in [-0.4, -0.2) is 60.1 Å². The summed E-state index contributed by atoms with van der Waals surface area (Å²) in [6, 6.07) is 1.69. The summed E-state index contributed by atoms with van der Waals surface area (Å²) in [7, 11) is 0. The Morgan fingerprint density at radius 2 is 1.33 bits per heavy atom. The van der Waals surface area contributed by atoms with Crippen LogP contribution in [0.4, 0.5) is 32.0 Å². The number of anilines is 1. The Bertz CT molecular complexity index is 869. The van der Waals surface area contributed by atoms with Crippen LogP contribution < -0.4 is 11.1 Å². The van der Waals surface area contributed by atoms with Gasteiger partial charge in [-0.2, -0.15) is 26.3 Å². The first kappa shape index (κ1) is 27.0.